The summed E-state index contributed by atoms with van der Waals surface area (Å²) in [6, 6.07) is 5.49. The number of carbonyl (C=O) groups excluding carboxylic acids is 1. The van der Waals surface area contributed by atoms with Gasteiger partial charge in [0, 0.05) is 30.8 Å². The van der Waals surface area contributed by atoms with Crippen molar-refractivity contribution < 1.29 is 9.32 Å². The molecular formula is C18H22N4O2. The van der Waals surface area contributed by atoms with Crippen LogP contribution in [0.15, 0.2) is 28.9 Å². The largest absolute Gasteiger partial charge is 0.361 e. The van der Waals surface area contributed by atoms with Crippen LogP contribution in [0, 0.1) is 0 Å². The summed E-state index contributed by atoms with van der Waals surface area (Å²) in [6.07, 6.45) is 6.67. The van der Waals surface area contributed by atoms with E-state index in [-0.39, 0.29) is 11.9 Å². The van der Waals surface area contributed by atoms with E-state index in [1.165, 1.54) is 18.4 Å². The number of rotatable bonds is 4. The minimum absolute atomic E-state index is 0.110. The molecule has 0 saturated carbocycles. The highest BCUT2D eigenvalue weighted by Gasteiger charge is 2.28. The number of hydrogen-bond donors (Lipinski definition) is 1. The molecule has 2 aromatic rings. The smallest absolute Gasteiger partial charge is 0.270 e. The Labute approximate surface area is 141 Å². The predicted molar refractivity (Wildman–Crippen MR) is 88.5 cm³/mol. The molecule has 6 heteroatoms. The monoisotopic (exact) mass is 326 g/mol. The van der Waals surface area contributed by atoms with Crippen LogP contribution in [0.1, 0.15) is 46.8 Å². The Morgan fingerprint density at radius 3 is 3.00 bits per heavy atom. The average Bonchev–Trinajstić information content (AvgIpc) is 3.26. The topological polar surface area (TPSA) is 71.3 Å². The fraction of sp³-hybridized carbons (Fsp3) is 0.500. The number of fused-ring (bicyclic) bond motifs is 1. The summed E-state index contributed by atoms with van der Waals surface area (Å²) in [5.41, 5.74) is 2.70. The summed E-state index contributed by atoms with van der Waals surface area (Å²) in [7, 11) is 0. The quantitative estimate of drug-likeness (QED) is 0.930. The molecule has 126 valence electrons. The highest BCUT2D eigenvalue weighted by Crippen LogP contribution is 2.26. The van der Waals surface area contributed by atoms with Gasteiger partial charge in [-0.05, 0) is 50.9 Å². The van der Waals surface area contributed by atoms with Gasteiger partial charge in [-0.2, -0.15) is 0 Å². The van der Waals surface area contributed by atoms with Gasteiger partial charge in [-0.3, -0.25) is 14.7 Å². The SMILES string of the molecule is O=C(NC1CCc2onc(CN3CCCC3)c2C1)c1ccccn1. The lowest BCUT2D eigenvalue weighted by molar-refractivity contribution is 0.0927. The van der Waals surface area contributed by atoms with Gasteiger partial charge in [0.25, 0.3) is 5.91 Å². The highest BCUT2D eigenvalue weighted by atomic mass is 16.5. The molecule has 1 atom stereocenters. The van der Waals surface area contributed by atoms with Gasteiger partial charge in [0.15, 0.2) is 0 Å². The van der Waals surface area contributed by atoms with Crippen LogP contribution in [0.3, 0.4) is 0 Å². The molecule has 0 bridgehead atoms. The number of hydrogen-bond acceptors (Lipinski definition) is 5. The van der Waals surface area contributed by atoms with Gasteiger partial charge < -0.3 is 9.84 Å². The molecule has 2 aromatic heterocycles. The second kappa shape index (κ2) is 6.73. The van der Waals surface area contributed by atoms with Crippen molar-refractivity contribution in [2.24, 2.45) is 0 Å². The van der Waals surface area contributed by atoms with Crippen LogP contribution >= 0.6 is 0 Å². The van der Waals surface area contributed by atoms with E-state index in [1.807, 2.05) is 12.1 Å². The van der Waals surface area contributed by atoms with Crippen molar-refractivity contribution >= 4 is 5.91 Å². The second-order valence-corrected chi connectivity index (χ2v) is 6.64. The number of pyridine rings is 1. The van der Waals surface area contributed by atoms with Crippen LogP contribution in [0.5, 0.6) is 0 Å². The van der Waals surface area contributed by atoms with Gasteiger partial charge >= 0.3 is 0 Å². The maximum Gasteiger partial charge on any atom is 0.270 e. The number of nitrogens with one attached hydrogen (secondary N) is 1. The van der Waals surface area contributed by atoms with Crippen LogP contribution in [-0.2, 0) is 19.4 Å². The first-order valence-corrected chi connectivity index (χ1v) is 8.70. The Bertz CT molecular complexity index is 707. The van der Waals surface area contributed by atoms with Crippen molar-refractivity contribution in [1.82, 2.24) is 20.4 Å². The lowest BCUT2D eigenvalue weighted by Crippen LogP contribution is -2.39. The molecular weight excluding hydrogens is 304 g/mol. The minimum Gasteiger partial charge on any atom is -0.361 e. The Morgan fingerprint density at radius 2 is 2.21 bits per heavy atom. The summed E-state index contributed by atoms with van der Waals surface area (Å²) in [6.45, 7) is 3.14. The van der Waals surface area contributed by atoms with Crippen molar-refractivity contribution in [3.8, 4) is 0 Å². The van der Waals surface area contributed by atoms with E-state index in [9.17, 15) is 4.79 Å². The number of nitrogens with zero attached hydrogens (tertiary/aromatic N) is 3. The average molecular weight is 326 g/mol. The first-order chi connectivity index (χ1) is 11.8. The summed E-state index contributed by atoms with van der Waals surface area (Å²) >= 11 is 0. The third-order valence-electron chi connectivity index (χ3n) is 4.93. The minimum atomic E-state index is -0.110. The standard InChI is InChI=1S/C18H22N4O2/c23-18(15-5-1-2-8-19-15)20-13-6-7-17-14(11-13)16(21-24-17)12-22-9-3-4-10-22/h1-2,5,8,13H,3-4,6-7,9-12H2,(H,20,23). The van der Waals surface area contributed by atoms with Crippen LogP contribution in [-0.4, -0.2) is 40.1 Å². The molecule has 1 aliphatic carbocycles. The zero-order valence-corrected chi connectivity index (χ0v) is 13.7. The molecule has 1 N–H and O–H groups in total. The van der Waals surface area contributed by atoms with E-state index in [0.717, 1.165) is 50.4 Å². The molecule has 1 aliphatic heterocycles. The van der Waals surface area contributed by atoms with Crippen molar-refractivity contribution in [3.63, 3.8) is 0 Å². The van der Waals surface area contributed by atoms with Crippen molar-refractivity contribution in [2.45, 2.75) is 44.7 Å². The molecule has 2 aliphatic rings. The number of carbonyl (C=O) groups is 1. The van der Waals surface area contributed by atoms with Crippen LogP contribution in [0.2, 0.25) is 0 Å². The molecule has 1 saturated heterocycles. The first-order valence-electron chi connectivity index (χ1n) is 8.70. The highest BCUT2D eigenvalue weighted by molar-refractivity contribution is 5.92. The van der Waals surface area contributed by atoms with E-state index in [2.05, 4.69) is 20.4 Å². The van der Waals surface area contributed by atoms with Crippen molar-refractivity contribution in [2.75, 3.05) is 13.1 Å². The van der Waals surface area contributed by atoms with Gasteiger partial charge in [0.2, 0.25) is 0 Å². The van der Waals surface area contributed by atoms with E-state index < -0.39 is 0 Å². The molecule has 1 fully saturated rings. The van der Waals surface area contributed by atoms with E-state index in [1.54, 1.807) is 12.3 Å². The molecule has 0 aromatic carbocycles. The lowest BCUT2D eigenvalue weighted by Gasteiger charge is -2.23. The molecule has 4 rings (SSSR count). The summed E-state index contributed by atoms with van der Waals surface area (Å²) in [5.74, 6) is 0.883. The molecule has 6 nitrogen and oxygen atoms in total. The van der Waals surface area contributed by atoms with Crippen molar-refractivity contribution in [3.05, 3.63) is 47.1 Å². The normalized spacial score (nSPS) is 20.8. The number of amides is 1. The molecule has 24 heavy (non-hydrogen) atoms. The fourth-order valence-corrected chi connectivity index (χ4v) is 3.62. The Kier molecular flexibility index (Phi) is 4.30. The maximum absolute atomic E-state index is 12.3. The van der Waals surface area contributed by atoms with Gasteiger partial charge in [0.05, 0.1) is 0 Å². The third-order valence-corrected chi connectivity index (χ3v) is 4.93. The van der Waals surface area contributed by atoms with E-state index in [4.69, 9.17) is 4.52 Å². The zero-order chi connectivity index (χ0) is 16.4. The van der Waals surface area contributed by atoms with E-state index >= 15 is 0 Å². The zero-order valence-electron chi connectivity index (χ0n) is 13.7. The van der Waals surface area contributed by atoms with E-state index in [0.29, 0.717) is 5.69 Å². The number of likely N-dealkylation sites (tertiary alicyclic amines) is 1. The van der Waals surface area contributed by atoms with Gasteiger partial charge in [-0.15, -0.1) is 0 Å². The summed E-state index contributed by atoms with van der Waals surface area (Å²) in [4.78, 5) is 18.8. The number of aromatic nitrogens is 2. The van der Waals surface area contributed by atoms with Crippen LogP contribution in [0.25, 0.3) is 0 Å². The summed E-state index contributed by atoms with van der Waals surface area (Å²) in [5, 5.41) is 7.39. The fourth-order valence-electron chi connectivity index (χ4n) is 3.62. The van der Waals surface area contributed by atoms with Crippen LogP contribution < -0.4 is 5.32 Å². The Morgan fingerprint density at radius 1 is 1.33 bits per heavy atom. The van der Waals surface area contributed by atoms with Gasteiger partial charge in [0.1, 0.15) is 17.1 Å². The third kappa shape index (κ3) is 3.19. The number of aryl methyl sites for hydroxylation is 1. The lowest BCUT2D eigenvalue weighted by atomic mass is 9.92. The molecule has 3 heterocycles. The molecule has 1 unspecified atom stereocenters. The summed E-state index contributed by atoms with van der Waals surface area (Å²) < 4.78 is 5.53. The molecule has 0 radical (unpaired) electrons. The van der Waals surface area contributed by atoms with Crippen molar-refractivity contribution in [1.29, 1.82) is 0 Å². The maximum atomic E-state index is 12.3. The molecule has 0 spiro atoms. The Hall–Kier alpha value is -2.21. The second-order valence-electron chi connectivity index (χ2n) is 6.64. The Balaban J connectivity index is 1.43. The first kappa shape index (κ1) is 15.3. The van der Waals surface area contributed by atoms with Gasteiger partial charge in [-0.25, -0.2) is 0 Å². The van der Waals surface area contributed by atoms with Gasteiger partial charge in [-0.1, -0.05) is 11.2 Å². The predicted octanol–water partition coefficient (Wildman–Crippen LogP) is 1.95. The molecule has 1 amide bonds. The van der Waals surface area contributed by atoms with Crippen LogP contribution in [0.4, 0.5) is 0 Å².